The van der Waals surface area contributed by atoms with Gasteiger partial charge in [0.15, 0.2) is 0 Å². The molecule has 5 nitrogen and oxygen atoms in total. The average Bonchev–Trinajstić information content (AvgIpc) is 2.82. The quantitative estimate of drug-likeness (QED) is 0.147. The van der Waals surface area contributed by atoms with Crippen LogP contribution < -0.4 is 5.73 Å². The third-order valence-corrected chi connectivity index (χ3v) is 7.95. The van der Waals surface area contributed by atoms with Crippen molar-refractivity contribution in [3.8, 4) is 0 Å². The summed E-state index contributed by atoms with van der Waals surface area (Å²) in [6.45, 7) is 4.47. The fourth-order valence-corrected chi connectivity index (χ4v) is 5.72. The number of hydrogen-bond acceptors (Lipinski definition) is 4. The molecule has 0 radical (unpaired) electrons. The molecule has 5 heteroatoms. The molecule has 0 aromatic rings. The van der Waals surface area contributed by atoms with E-state index in [0.29, 0.717) is 0 Å². The molecule has 1 heterocycles. The van der Waals surface area contributed by atoms with Crippen molar-refractivity contribution < 1.29 is 19.1 Å². The van der Waals surface area contributed by atoms with Gasteiger partial charge in [0.05, 0.1) is 24.0 Å². The Balaban J connectivity index is 1.81. The van der Waals surface area contributed by atoms with E-state index in [9.17, 15) is 9.59 Å². The second-order valence-corrected chi connectivity index (χ2v) is 10.9. The molecule has 34 heavy (non-hydrogen) atoms. The Bertz CT molecular complexity index is 566. The van der Waals surface area contributed by atoms with Crippen LogP contribution >= 0.6 is 0 Å². The van der Waals surface area contributed by atoms with Gasteiger partial charge in [-0.3, -0.25) is 9.59 Å². The smallest absolute Gasteiger partial charge is 0.313 e. The first kappa shape index (κ1) is 29.1. The zero-order valence-electron chi connectivity index (χ0n) is 22.2. The van der Waals surface area contributed by atoms with Crippen molar-refractivity contribution in [1.29, 1.82) is 0 Å². The van der Waals surface area contributed by atoms with Crippen LogP contribution in [0.4, 0.5) is 0 Å². The minimum Gasteiger partial charge on any atom is -0.461 e. The van der Waals surface area contributed by atoms with Crippen LogP contribution in [0.3, 0.4) is 0 Å². The average molecular weight is 480 g/mol. The minimum atomic E-state index is -0.226. The van der Waals surface area contributed by atoms with Crippen LogP contribution in [0.25, 0.3) is 0 Å². The minimum absolute atomic E-state index is 0.0201. The molecule has 2 N–H and O–H groups in total. The summed E-state index contributed by atoms with van der Waals surface area (Å²) in [5.41, 5.74) is 5.70. The highest BCUT2D eigenvalue weighted by Crippen LogP contribution is 2.35. The number of carbonyl (C=O) groups is 2. The van der Waals surface area contributed by atoms with Crippen LogP contribution in [0.5, 0.6) is 0 Å². The molecule has 1 aliphatic carbocycles. The zero-order chi connectivity index (χ0) is 24.6. The largest absolute Gasteiger partial charge is 0.461 e. The molecule has 1 aliphatic heterocycles. The molecule has 0 aromatic heterocycles. The summed E-state index contributed by atoms with van der Waals surface area (Å²) in [4.78, 5) is 24.1. The number of nitrogens with two attached hydrogens (primary N) is 1. The van der Waals surface area contributed by atoms with E-state index in [2.05, 4.69) is 13.8 Å². The molecule has 2 rings (SSSR count). The zero-order valence-corrected chi connectivity index (χ0v) is 22.2. The molecule has 0 aromatic carbocycles. The summed E-state index contributed by atoms with van der Waals surface area (Å²) < 4.78 is 12.2. The van der Waals surface area contributed by atoms with Gasteiger partial charge in [-0.05, 0) is 25.7 Å². The Kier molecular flexibility index (Phi) is 14.9. The summed E-state index contributed by atoms with van der Waals surface area (Å²) in [5.74, 6) is -0.399. The number of cyclic esters (lactones) is 1. The van der Waals surface area contributed by atoms with Crippen molar-refractivity contribution in [3.05, 3.63) is 0 Å². The Labute approximate surface area is 209 Å². The van der Waals surface area contributed by atoms with Gasteiger partial charge >= 0.3 is 5.97 Å². The summed E-state index contributed by atoms with van der Waals surface area (Å²) in [7, 11) is 0. The van der Waals surface area contributed by atoms with E-state index >= 15 is 0 Å². The van der Waals surface area contributed by atoms with Crippen molar-refractivity contribution in [1.82, 2.24) is 0 Å². The highest BCUT2D eigenvalue weighted by atomic mass is 16.6. The number of rotatable bonds is 20. The number of carbonyl (C=O) groups excluding carboxylic acids is 2. The molecular weight excluding hydrogens is 426 g/mol. The summed E-state index contributed by atoms with van der Waals surface area (Å²) in [5, 5.41) is 0. The van der Waals surface area contributed by atoms with E-state index in [0.717, 1.165) is 57.8 Å². The van der Waals surface area contributed by atoms with Crippen molar-refractivity contribution >= 4 is 11.9 Å². The van der Waals surface area contributed by atoms with Gasteiger partial charge in [0.2, 0.25) is 5.91 Å². The van der Waals surface area contributed by atoms with Gasteiger partial charge < -0.3 is 15.2 Å². The Morgan fingerprint density at radius 3 is 2.12 bits per heavy atom. The van der Waals surface area contributed by atoms with Crippen LogP contribution in [-0.4, -0.2) is 30.2 Å². The lowest BCUT2D eigenvalue weighted by molar-refractivity contribution is -0.191. The summed E-state index contributed by atoms with van der Waals surface area (Å²) in [6, 6.07) is 0. The van der Waals surface area contributed by atoms with Crippen LogP contribution in [0.2, 0.25) is 0 Å². The van der Waals surface area contributed by atoms with Crippen LogP contribution in [0.1, 0.15) is 142 Å². The number of amides is 1. The van der Waals surface area contributed by atoms with Gasteiger partial charge in [0, 0.05) is 6.42 Å². The molecule has 1 saturated carbocycles. The Morgan fingerprint density at radius 2 is 1.50 bits per heavy atom. The molecular formula is C29H53NO4. The van der Waals surface area contributed by atoms with Crippen LogP contribution in [0, 0.1) is 11.8 Å². The predicted molar refractivity (Wildman–Crippen MR) is 138 cm³/mol. The molecule has 198 valence electrons. The lowest BCUT2D eigenvalue weighted by Crippen LogP contribution is -2.48. The standard InChI is InChI=1S/C29H53NO4/c1-3-5-7-9-10-11-12-13-14-18-23(33-26-21-17-16-19-24(26)28(30)31)22-27-25(29(32)34-27)20-15-8-6-4-2/h23-27H,3-22H2,1-2H3,(H2,30,31)/t23-,24?,25-,26?,27-/m0/s1. The molecule has 2 aliphatic rings. The molecule has 2 fully saturated rings. The SMILES string of the molecule is CCCCCCCCCCC[C@@H](C[C@@H]1OC(=O)[C@H]1CCCCCC)OC1CCCCC1C(N)=O. The maximum absolute atomic E-state index is 12.1. The number of hydrogen-bond donors (Lipinski definition) is 1. The molecule has 0 bridgehead atoms. The van der Waals surface area contributed by atoms with Crippen molar-refractivity contribution in [2.75, 3.05) is 0 Å². The second-order valence-electron chi connectivity index (χ2n) is 10.9. The molecule has 5 atom stereocenters. The van der Waals surface area contributed by atoms with E-state index in [4.69, 9.17) is 15.2 Å². The number of primary amides is 1. The van der Waals surface area contributed by atoms with Crippen molar-refractivity contribution in [2.24, 2.45) is 17.6 Å². The van der Waals surface area contributed by atoms with Gasteiger partial charge in [0.25, 0.3) is 0 Å². The normalized spacial score (nSPS) is 25.5. The van der Waals surface area contributed by atoms with E-state index in [1.807, 2.05) is 0 Å². The maximum atomic E-state index is 12.1. The second kappa shape index (κ2) is 17.3. The highest BCUT2D eigenvalue weighted by Gasteiger charge is 2.43. The van der Waals surface area contributed by atoms with Gasteiger partial charge in [-0.25, -0.2) is 0 Å². The number of unbranched alkanes of at least 4 members (excludes halogenated alkanes) is 11. The van der Waals surface area contributed by atoms with E-state index in [1.165, 1.54) is 70.6 Å². The Morgan fingerprint density at radius 1 is 0.912 bits per heavy atom. The molecule has 0 spiro atoms. The van der Waals surface area contributed by atoms with Crippen molar-refractivity contribution in [3.63, 3.8) is 0 Å². The molecule has 1 amide bonds. The van der Waals surface area contributed by atoms with Crippen LogP contribution in [0.15, 0.2) is 0 Å². The maximum Gasteiger partial charge on any atom is 0.313 e. The fraction of sp³-hybridized carbons (Fsp3) is 0.931. The lowest BCUT2D eigenvalue weighted by Gasteiger charge is -2.39. The van der Waals surface area contributed by atoms with Gasteiger partial charge in [0.1, 0.15) is 6.10 Å². The first-order valence-electron chi connectivity index (χ1n) is 14.7. The van der Waals surface area contributed by atoms with Gasteiger partial charge in [-0.15, -0.1) is 0 Å². The first-order chi connectivity index (χ1) is 16.6. The third-order valence-electron chi connectivity index (χ3n) is 7.95. The van der Waals surface area contributed by atoms with Gasteiger partial charge in [-0.2, -0.15) is 0 Å². The topological polar surface area (TPSA) is 78.6 Å². The first-order valence-corrected chi connectivity index (χ1v) is 14.7. The van der Waals surface area contributed by atoms with E-state index in [1.54, 1.807) is 0 Å². The number of ether oxygens (including phenoxy) is 2. The lowest BCUT2D eigenvalue weighted by atomic mass is 9.84. The van der Waals surface area contributed by atoms with Gasteiger partial charge in [-0.1, -0.05) is 110 Å². The fourth-order valence-electron chi connectivity index (χ4n) is 5.72. The van der Waals surface area contributed by atoms with Crippen LogP contribution in [-0.2, 0) is 19.1 Å². The summed E-state index contributed by atoms with van der Waals surface area (Å²) >= 11 is 0. The third kappa shape index (κ3) is 10.7. The monoisotopic (exact) mass is 479 g/mol. The van der Waals surface area contributed by atoms with E-state index < -0.39 is 0 Å². The molecule has 2 unspecified atom stereocenters. The summed E-state index contributed by atoms with van der Waals surface area (Å²) in [6.07, 6.45) is 22.9. The Hall–Kier alpha value is -1.10. The molecule has 1 saturated heterocycles. The van der Waals surface area contributed by atoms with Crippen molar-refractivity contribution in [2.45, 2.75) is 161 Å². The highest BCUT2D eigenvalue weighted by molar-refractivity contribution is 5.78. The number of esters is 1. The van der Waals surface area contributed by atoms with E-state index in [-0.39, 0.29) is 42.0 Å². The predicted octanol–water partition coefficient (Wildman–Crippen LogP) is 7.24.